The fourth-order valence-electron chi connectivity index (χ4n) is 0.366. The summed E-state index contributed by atoms with van der Waals surface area (Å²) in [6, 6.07) is 0. The van der Waals surface area contributed by atoms with Gasteiger partial charge < -0.3 is 0 Å². The first-order valence-corrected chi connectivity index (χ1v) is 4.46. The molecule has 8 nitrogen and oxygen atoms in total. The fraction of sp³-hybridized carbons (Fsp3) is 0. The van der Waals surface area contributed by atoms with Gasteiger partial charge in [0, 0.05) is 22.4 Å². The van der Waals surface area contributed by atoms with E-state index in [0.717, 1.165) is 0 Å². The van der Waals surface area contributed by atoms with Crippen LogP contribution in [0.15, 0.2) is 0 Å². The Kier molecular flexibility index (Phi) is 5.70. The van der Waals surface area contributed by atoms with Gasteiger partial charge in [0.15, 0.2) is 0 Å². The van der Waals surface area contributed by atoms with Crippen molar-refractivity contribution in [1.82, 2.24) is 0 Å². The van der Waals surface area contributed by atoms with Gasteiger partial charge in [0.25, 0.3) is 0 Å². The average molecular weight is 347 g/mol. The van der Waals surface area contributed by atoms with Crippen molar-refractivity contribution < 1.29 is 74.6 Å². The average Bonchev–Trinajstić information content (AvgIpc) is 1.82. The summed E-state index contributed by atoms with van der Waals surface area (Å²) in [6.45, 7) is 0. The standard InChI is InChI=1S/4CHO2.Ag.Co/c4*2-1-3;;/h4*(H,2,3);;. The van der Waals surface area contributed by atoms with Crippen LogP contribution in [0.5, 0.6) is 0 Å². The Morgan fingerprint density at radius 1 is 0.643 bits per heavy atom. The molecular weight excluding hydrogens is 343 g/mol. The monoisotopic (exact) mass is 346 g/mol. The second-order valence-electron chi connectivity index (χ2n) is 1.44. The van der Waals surface area contributed by atoms with E-state index in [1.54, 1.807) is 0 Å². The van der Waals surface area contributed by atoms with Gasteiger partial charge in [-0.1, -0.05) is 0 Å². The molecule has 0 atom stereocenters. The molecule has 0 aliphatic heterocycles. The van der Waals surface area contributed by atoms with Crippen molar-refractivity contribution in [3.63, 3.8) is 0 Å². The number of carboxylic acid groups (broad SMARTS) is 4. The van der Waals surface area contributed by atoms with Crippen LogP contribution in [-0.4, -0.2) is 40.0 Å². The Labute approximate surface area is 94.2 Å². The molecule has 0 saturated heterocycles. The van der Waals surface area contributed by atoms with E-state index in [-0.39, 0.29) is 22.4 Å². The van der Waals surface area contributed by atoms with Gasteiger partial charge in [-0.15, -0.1) is 0 Å². The molecule has 0 aromatic rings. The number of rotatable bonds is 4. The Morgan fingerprint density at radius 3 is 0.786 bits per heavy atom. The molecule has 4 N–H and O–H groups in total. The predicted molar refractivity (Wildman–Crippen MR) is 32.1 cm³/mol. The van der Waals surface area contributed by atoms with Crippen LogP contribution < -0.4 is 0 Å². The summed E-state index contributed by atoms with van der Waals surface area (Å²) >= 11 is -5.10. The normalized spacial score (nSPS) is 10.9. The van der Waals surface area contributed by atoms with Crippen molar-refractivity contribution in [1.29, 1.82) is 0 Å². The Bertz CT molecular complexity index is 236. The molecule has 0 fully saturated rings. The van der Waals surface area contributed by atoms with Crippen LogP contribution in [0.25, 0.3) is 0 Å². The van der Waals surface area contributed by atoms with Gasteiger partial charge in [-0.3, -0.25) is 0 Å². The SMILES string of the molecule is O=[C](O)[Co]([C](=O)O)([C](=O)O)[C](=O)O.[Ag]. The minimum absolute atomic E-state index is 0. The minimum atomic E-state index is -5.10. The molecule has 0 aromatic heterocycles. The quantitative estimate of drug-likeness (QED) is 0.547. The third-order valence-electron chi connectivity index (χ3n) is 0.855. The van der Waals surface area contributed by atoms with Gasteiger partial charge in [-0.25, -0.2) is 0 Å². The van der Waals surface area contributed by atoms with Crippen LogP contribution in [0.2, 0.25) is 0 Å². The Hall–Kier alpha value is -0.873. The molecule has 0 aliphatic rings. The van der Waals surface area contributed by atoms with Gasteiger partial charge in [0.1, 0.15) is 0 Å². The molecular formula is C4H4AgCoO8. The first-order chi connectivity index (χ1) is 5.77. The first kappa shape index (κ1) is 15.6. The third kappa shape index (κ3) is 2.13. The Morgan fingerprint density at radius 2 is 0.786 bits per heavy atom. The molecule has 0 spiro atoms. The van der Waals surface area contributed by atoms with Crippen LogP contribution in [-0.2, 0) is 35.0 Å². The maximum absolute atomic E-state index is 10.3. The smallest absolute Gasteiger partial charge is 0 e. The summed E-state index contributed by atoms with van der Waals surface area (Å²) in [5.41, 5.74) is 0. The second kappa shape index (κ2) is 5.12. The summed E-state index contributed by atoms with van der Waals surface area (Å²) in [7, 11) is 0. The molecule has 0 bridgehead atoms. The number of carbonyl (C=O) groups is 4. The summed E-state index contributed by atoms with van der Waals surface area (Å²) in [6.07, 6.45) is 0. The van der Waals surface area contributed by atoms with Crippen LogP contribution in [0.3, 0.4) is 0 Å². The summed E-state index contributed by atoms with van der Waals surface area (Å²) in [4.78, 5) is 31.6. The van der Waals surface area contributed by atoms with Gasteiger partial charge in [-0.2, -0.15) is 0 Å². The number of hydrogen-bond donors (Lipinski definition) is 4. The van der Waals surface area contributed by atoms with E-state index in [4.69, 9.17) is 20.4 Å². The molecule has 0 rings (SSSR count). The molecule has 1 radical (unpaired) electrons. The van der Waals surface area contributed by atoms with Gasteiger partial charge in [0.05, 0.1) is 0 Å². The second-order valence-corrected chi connectivity index (χ2v) is 4.78. The van der Waals surface area contributed by atoms with Crippen molar-refractivity contribution in [3.8, 4) is 0 Å². The van der Waals surface area contributed by atoms with Gasteiger partial charge >= 0.3 is 71.8 Å². The molecule has 0 saturated carbocycles. The molecule has 0 amide bonds. The topological polar surface area (TPSA) is 149 Å². The van der Waals surface area contributed by atoms with E-state index in [0.29, 0.717) is 0 Å². The van der Waals surface area contributed by atoms with Crippen molar-refractivity contribution in [2.24, 2.45) is 0 Å². The first-order valence-electron chi connectivity index (χ1n) is 2.38. The Balaban J connectivity index is 0. The van der Waals surface area contributed by atoms with Gasteiger partial charge in [0.2, 0.25) is 0 Å². The zero-order chi connectivity index (χ0) is 10.8. The maximum Gasteiger partial charge on any atom is 0 e. The summed E-state index contributed by atoms with van der Waals surface area (Å²) in [5, 5.41) is 33.0. The van der Waals surface area contributed by atoms with Crippen LogP contribution >= 0.6 is 0 Å². The molecule has 10 heteroatoms. The van der Waals surface area contributed by atoms with Crippen LogP contribution in [0, 0.1) is 0 Å². The van der Waals surface area contributed by atoms with Crippen molar-refractivity contribution in [2.45, 2.75) is 0 Å². The van der Waals surface area contributed by atoms with E-state index in [1.807, 2.05) is 0 Å². The van der Waals surface area contributed by atoms with Crippen molar-refractivity contribution >= 4 is 19.6 Å². The maximum atomic E-state index is 10.3. The van der Waals surface area contributed by atoms with E-state index >= 15 is 0 Å². The fourth-order valence-corrected chi connectivity index (χ4v) is 1.51. The molecule has 0 unspecified atom stereocenters. The molecule has 0 aromatic carbocycles. The largest absolute Gasteiger partial charge is 0 e. The zero-order valence-corrected chi connectivity index (χ0v) is 8.58. The minimum Gasteiger partial charge on any atom is 0 e. The van der Waals surface area contributed by atoms with Crippen LogP contribution in [0.4, 0.5) is 19.2 Å². The molecule has 0 heterocycles. The predicted octanol–water partition coefficient (Wildman–Crippen LogP) is 0.850. The van der Waals surface area contributed by atoms with E-state index in [1.165, 1.54) is 0 Å². The number of hydrogen-bond acceptors (Lipinski definition) is 4. The van der Waals surface area contributed by atoms with E-state index in [9.17, 15) is 19.2 Å². The van der Waals surface area contributed by atoms with Crippen molar-refractivity contribution in [2.75, 3.05) is 0 Å². The molecule has 0 aliphatic carbocycles. The van der Waals surface area contributed by atoms with E-state index in [2.05, 4.69) is 0 Å². The molecule has 88 valence electrons. The zero-order valence-electron chi connectivity index (χ0n) is 6.06. The van der Waals surface area contributed by atoms with E-state index < -0.39 is 32.2 Å². The van der Waals surface area contributed by atoms with Gasteiger partial charge in [-0.05, 0) is 0 Å². The van der Waals surface area contributed by atoms with Crippen molar-refractivity contribution in [3.05, 3.63) is 0 Å². The summed E-state index contributed by atoms with van der Waals surface area (Å²) < 4.78 is 0. The molecule has 14 heavy (non-hydrogen) atoms. The summed E-state index contributed by atoms with van der Waals surface area (Å²) in [5.74, 6) is 0. The third-order valence-corrected chi connectivity index (χ3v) is 3.53. The van der Waals surface area contributed by atoms with Crippen LogP contribution in [0.1, 0.15) is 0 Å².